The third kappa shape index (κ3) is 3.05. The van der Waals surface area contributed by atoms with Crippen LogP contribution in [-0.2, 0) is 4.79 Å². The number of carbonyl (C=O) groups excluding carboxylic acids is 1. The van der Waals surface area contributed by atoms with Crippen molar-refractivity contribution in [3.63, 3.8) is 0 Å². The van der Waals surface area contributed by atoms with Crippen LogP contribution in [0.15, 0.2) is 23.3 Å². The zero-order chi connectivity index (χ0) is 11.5. The molecule has 0 aromatic heterocycles. The summed E-state index contributed by atoms with van der Waals surface area (Å²) in [5, 5.41) is 0. The van der Waals surface area contributed by atoms with Crippen LogP contribution in [0.2, 0.25) is 0 Å². The number of carbonyl (C=O) groups is 1. The van der Waals surface area contributed by atoms with Gasteiger partial charge in [0.15, 0.2) is 0 Å². The zero-order valence-corrected chi connectivity index (χ0v) is 10.3. The summed E-state index contributed by atoms with van der Waals surface area (Å²) in [6, 6.07) is 0. The zero-order valence-electron chi connectivity index (χ0n) is 10.3. The predicted octanol–water partition coefficient (Wildman–Crippen LogP) is 3.90. The van der Waals surface area contributed by atoms with Gasteiger partial charge in [0, 0.05) is 0 Å². The van der Waals surface area contributed by atoms with Gasteiger partial charge in [-0.05, 0) is 50.0 Å². The second-order valence-corrected chi connectivity index (χ2v) is 5.33. The van der Waals surface area contributed by atoms with Gasteiger partial charge in [-0.25, -0.2) is 0 Å². The maximum atomic E-state index is 10.5. The maximum Gasteiger partial charge on any atom is 0.145 e. The van der Waals surface area contributed by atoms with E-state index in [-0.39, 0.29) is 0 Å². The first kappa shape index (κ1) is 12.2. The summed E-state index contributed by atoms with van der Waals surface area (Å²) in [5.41, 5.74) is 2.71. The van der Waals surface area contributed by atoms with Crippen LogP contribution in [-0.4, -0.2) is 6.29 Å². The number of rotatable bonds is 3. The van der Waals surface area contributed by atoms with Gasteiger partial charge in [0.1, 0.15) is 6.29 Å². The van der Waals surface area contributed by atoms with Crippen molar-refractivity contribution in [3.8, 4) is 0 Å². The van der Waals surface area contributed by atoms with Gasteiger partial charge in [0.25, 0.3) is 0 Å². The van der Waals surface area contributed by atoms with E-state index in [0.717, 1.165) is 18.3 Å². The highest BCUT2D eigenvalue weighted by molar-refractivity contribution is 5.71. The van der Waals surface area contributed by atoms with Crippen molar-refractivity contribution in [1.82, 2.24) is 0 Å². The normalized spacial score (nSPS) is 26.0. The molecule has 15 heavy (non-hydrogen) atoms. The fourth-order valence-corrected chi connectivity index (χ4v) is 2.46. The summed E-state index contributed by atoms with van der Waals surface area (Å²) >= 11 is 0. The molecule has 1 aliphatic carbocycles. The van der Waals surface area contributed by atoms with Crippen molar-refractivity contribution in [2.75, 3.05) is 0 Å². The van der Waals surface area contributed by atoms with E-state index < -0.39 is 0 Å². The molecule has 0 saturated carbocycles. The second kappa shape index (κ2) is 4.78. The summed E-state index contributed by atoms with van der Waals surface area (Å²) in [4.78, 5) is 10.5. The number of allylic oxidation sites excluding steroid dienone is 4. The molecule has 0 spiro atoms. The lowest BCUT2D eigenvalue weighted by Gasteiger charge is -2.38. The van der Waals surface area contributed by atoms with E-state index in [9.17, 15) is 4.79 Å². The predicted molar refractivity (Wildman–Crippen MR) is 64.7 cm³/mol. The molecule has 1 heteroatoms. The molecular weight excluding hydrogens is 184 g/mol. The standard InChI is InChI=1S/C14H22O/c1-11(10-15)7-8-13-12(2)6-5-9-14(13,3)4/h6-7,10,13H,5,8-9H2,1-4H3/b11-7-. The van der Waals surface area contributed by atoms with Gasteiger partial charge in [0.2, 0.25) is 0 Å². The number of aldehydes is 1. The largest absolute Gasteiger partial charge is 0.298 e. The Bertz CT molecular complexity index is 294. The Morgan fingerprint density at radius 1 is 1.60 bits per heavy atom. The molecule has 1 atom stereocenters. The molecule has 1 nitrogen and oxygen atoms in total. The molecule has 0 bridgehead atoms. The van der Waals surface area contributed by atoms with Crippen molar-refractivity contribution < 1.29 is 4.79 Å². The van der Waals surface area contributed by atoms with Gasteiger partial charge in [-0.2, -0.15) is 0 Å². The van der Waals surface area contributed by atoms with Crippen molar-refractivity contribution in [1.29, 1.82) is 0 Å². The lowest BCUT2D eigenvalue weighted by atomic mass is 9.67. The molecule has 0 aromatic rings. The Morgan fingerprint density at radius 3 is 2.80 bits per heavy atom. The molecule has 0 radical (unpaired) electrons. The van der Waals surface area contributed by atoms with Crippen LogP contribution in [0, 0.1) is 11.3 Å². The minimum atomic E-state index is 0.374. The van der Waals surface area contributed by atoms with Crippen LogP contribution in [0.4, 0.5) is 0 Å². The summed E-state index contributed by atoms with van der Waals surface area (Å²) in [7, 11) is 0. The lowest BCUT2D eigenvalue weighted by Crippen LogP contribution is -2.27. The minimum absolute atomic E-state index is 0.374. The first-order valence-corrected chi connectivity index (χ1v) is 5.76. The Labute approximate surface area is 93.3 Å². The smallest absolute Gasteiger partial charge is 0.145 e. The fourth-order valence-electron chi connectivity index (χ4n) is 2.46. The van der Waals surface area contributed by atoms with Crippen LogP contribution in [0.5, 0.6) is 0 Å². The van der Waals surface area contributed by atoms with Gasteiger partial charge >= 0.3 is 0 Å². The summed E-state index contributed by atoms with van der Waals surface area (Å²) in [6.45, 7) is 8.76. The van der Waals surface area contributed by atoms with Crippen molar-refractivity contribution in [3.05, 3.63) is 23.3 Å². The highest BCUT2D eigenvalue weighted by atomic mass is 16.1. The monoisotopic (exact) mass is 206 g/mol. The summed E-state index contributed by atoms with van der Waals surface area (Å²) < 4.78 is 0. The minimum Gasteiger partial charge on any atom is -0.298 e. The van der Waals surface area contributed by atoms with Crippen LogP contribution in [0.25, 0.3) is 0 Å². The molecule has 1 aliphatic rings. The number of hydrogen-bond acceptors (Lipinski definition) is 1. The topological polar surface area (TPSA) is 17.1 Å². The molecular formula is C14H22O. The van der Waals surface area contributed by atoms with Crippen LogP contribution in [0.1, 0.15) is 47.0 Å². The average Bonchev–Trinajstić information content (AvgIpc) is 2.15. The quantitative estimate of drug-likeness (QED) is 0.389. The second-order valence-electron chi connectivity index (χ2n) is 5.33. The molecule has 0 amide bonds. The van der Waals surface area contributed by atoms with E-state index >= 15 is 0 Å². The maximum absolute atomic E-state index is 10.5. The first-order valence-electron chi connectivity index (χ1n) is 5.76. The molecule has 0 aliphatic heterocycles. The molecule has 0 heterocycles. The summed E-state index contributed by atoms with van der Waals surface area (Å²) in [6.07, 6.45) is 8.81. The Hall–Kier alpha value is -0.850. The van der Waals surface area contributed by atoms with Crippen LogP contribution in [0.3, 0.4) is 0 Å². The van der Waals surface area contributed by atoms with Crippen molar-refractivity contribution in [2.45, 2.75) is 47.0 Å². The van der Waals surface area contributed by atoms with Gasteiger partial charge in [-0.3, -0.25) is 4.79 Å². The Kier molecular flexibility index (Phi) is 3.90. The molecule has 0 saturated heterocycles. The third-order valence-corrected chi connectivity index (χ3v) is 3.61. The summed E-state index contributed by atoms with van der Waals surface area (Å²) in [5.74, 6) is 0.598. The fraction of sp³-hybridized carbons (Fsp3) is 0.643. The highest BCUT2D eigenvalue weighted by Crippen LogP contribution is 2.42. The highest BCUT2D eigenvalue weighted by Gasteiger charge is 2.31. The van der Waals surface area contributed by atoms with E-state index in [1.54, 1.807) is 0 Å². The first-order chi connectivity index (χ1) is 6.97. The molecule has 0 aromatic carbocycles. The third-order valence-electron chi connectivity index (χ3n) is 3.61. The van der Waals surface area contributed by atoms with E-state index in [4.69, 9.17) is 0 Å². The van der Waals surface area contributed by atoms with Gasteiger partial charge in [0.05, 0.1) is 0 Å². The average molecular weight is 206 g/mol. The van der Waals surface area contributed by atoms with E-state index in [1.165, 1.54) is 18.4 Å². The molecule has 0 N–H and O–H groups in total. The van der Waals surface area contributed by atoms with E-state index in [0.29, 0.717) is 11.3 Å². The van der Waals surface area contributed by atoms with Crippen LogP contribution < -0.4 is 0 Å². The van der Waals surface area contributed by atoms with Crippen molar-refractivity contribution in [2.24, 2.45) is 11.3 Å². The Morgan fingerprint density at radius 2 is 2.27 bits per heavy atom. The molecule has 1 unspecified atom stereocenters. The molecule has 84 valence electrons. The van der Waals surface area contributed by atoms with Gasteiger partial charge in [-0.15, -0.1) is 0 Å². The Balaban J connectivity index is 2.77. The SMILES string of the molecule is CC1=CCCC(C)(C)C1C/C=C(/C)C=O. The van der Waals surface area contributed by atoms with Crippen molar-refractivity contribution >= 4 is 6.29 Å². The lowest BCUT2D eigenvalue weighted by molar-refractivity contribution is -0.104. The molecule has 1 rings (SSSR count). The van der Waals surface area contributed by atoms with Crippen LogP contribution >= 0.6 is 0 Å². The molecule has 0 fully saturated rings. The number of hydrogen-bond donors (Lipinski definition) is 0. The van der Waals surface area contributed by atoms with E-state index in [1.807, 2.05) is 6.92 Å². The van der Waals surface area contributed by atoms with Gasteiger partial charge < -0.3 is 0 Å². The van der Waals surface area contributed by atoms with E-state index in [2.05, 4.69) is 32.9 Å². The van der Waals surface area contributed by atoms with Gasteiger partial charge in [-0.1, -0.05) is 31.6 Å².